The summed E-state index contributed by atoms with van der Waals surface area (Å²) in [4.78, 5) is 21.0. The van der Waals surface area contributed by atoms with Gasteiger partial charge in [0.05, 0.1) is 29.6 Å². The molecule has 5 aromatic heterocycles. The van der Waals surface area contributed by atoms with Gasteiger partial charge < -0.3 is 20.0 Å². The number of fused-ring (bicyclic) bond motifs is 2. The lowest BCUT2D eigenvalue weighted by Gasteiger charge is -2.23. The number of benzene rings is 1. The molecule has 0 aliphatic rings. The first-order chi connectivity index (χ1) is 18.6. The van der Waals surface area contributed by atoms with Gasteiger partial charge in [0.25, 0.3) is 0 Å². The molecule has 1 atom stereocenters. The van der Waals surface area contributed by atoms with Crippen LogP contribution < -0.4 is 5.32 Å². The van der Waals surface area contributed by atoms with Gasteiger partial charge in [-0.05, 0) is 48.6 Å². The van der Waals surface area contributed by atoms with Crippen LogP contribution in [-0.4, -0.2) is 51.0 Å². The van der Waals surface area contributed by atoms with E-state index in [1.165, 1.54) is 6.07 Å². The van der Waals surface area contributed by atoms with Crippen LogP contribution in [-0.2, 0) is 0 Å². The van der Waals surface area contributed by atoms with E-state index in [-0.39, 0.29) is 10.9 Å². The molecule has 0 bridgehead atoms. The lowest BCUT2D eigenvalue weighted by Crippen LogP contribution is -2.25. The molecular formula is C28H28FN9O. The van der Waals surface area contributed by atoms with E-state index in [2.05, 4.69) is 61.2 Å². The van der Waals surface area contributed by atoms with Gasteiger partial charge in [0.2, 0.25) is 0 Å². The van der Waals surface area contributed by atoms with Crippen LogP contribution in [0.1, 0.15) is 32.9 Å². The second-order valence-electron chi connectivity index (χ2n) is 10.9. The van der Waals surface area contributed by atoms with E-state index in [9.17, 15) is 5.11 Å². The number of H-pyrrole nitrogens is 2. The van der Waals surface area contributed by atoms with Gasteiger partial charge in [-0.25, -0.2) is 19.3 Å². The quantitative estimate of drug-likeness (QED) is 0.215. The van der Waals surface area contributed by atoms with Crippen molar-refractivity contribution in [3.8, 4) is 28.3 Å². The Morgan fingerprint density at radius 2 is 1.97 bits per heavy atom. The van der Waals surface area contributed by atoms with Gasteiger partial charge >= 0.3 is 0 Å². The molecular weight excluding hydrogens is 497 g/mol. The number of anilines is 1. The Hall–Kier alpha value is -4.64. The highest BCUT2D eigenvalue weighted by Gasteiger charge is 2.19. The first kappa shape index (κ1) is 24.7. The van der Waals surface area contributed by atoms with Gasteiger partial charge in [0, 0.05) is 29.5 Å². The number of pyridine rings is 2. The summed E-state index contributed by atoms with van der Waals surface area (Å²) < 4.78 is 17.1. The highest BCUT2D eigenvalue weighted by atomic mass is 19.1. The van der Waals surface area contributed by atoms with Crippen LogP contribution in [0.4, 0.5) is 10.1 Å². The Kier molecular flexibility index (Phi) is 5.87. The maximum Gasteiger partial charge on any atom is 0.180 e. The van der Waals surface area contributed by atoms with Gasteiger partial charge in [0.1, 0.15) is 23.0 Å². The summed E-state index contributed by atoms with van der Waals surface area (Å²) in [6.07, 6.45) is 8.45. The topological polar surface area (TPSA) is 133 Å². The van der Waals surface area contributed by atoms with Crippen molar-refractivity contribution in [2.24, 2.45) is 5.41 Å². The van der Waals surface area contributed by atoms with Crippen LogP contribution in [0.3, 0.4) is 0 Å². The van der Waals surface area contributed by atoms with Crippen LogP contribution >= 0.6 is 0 Å². The molecule has 0 amide bonds. The molecule has 6 aromatic rings. The molecule has 6 rings (SSSR count). The van der Waals surface area contributed by atoms with E-state index in [1.54, 1.807) is 24.9 Å². The van der Waals surface area contributed by atoms with Crippen molar-refractivity contribution < 1.29 is 9.50 Å². The Morgan fingerprint density at radius 3 is 2.74 bits per heavy atom. The summed E-state index contributed by atoms with van der Waals surface area (Å²) in [5, 5.41) is 21.2. The maximum atomic E-state index is 15.2. The predicted octanol–water partition coefficient (Wildman–Crippen LogP) is 5.36. The molecule has 0 fully saturated rings. The number of hydrogen-bond donors (Lipinski definition) is 4. The van der Waals surface area contributed by atoms with Gasteiger partial charge in [0.15, 0.2) is 17.3 Å². The summed E-state index contributed by atoms with van der Waals surface area (Å²) in [5.41, 5.74) is 5.63. The standard InChI is InChI=1S/C28H28FN9O/c1-15-13-38(14-32-15)21-5-6-31-26-25(21)34-27(35-26)24-19-8-16(9-20(29)23(19)36-37-24)17-7-18(12-30-11-17)33-22(39)10-28(2,3)4/h5-9,11-14,22,33,39H,10H2,1-4H3,(H,36,37)(H,31,34,35). The molecule has 10 nitrogen and oxygen atoms in total. The number of rotatable bonds is 6. The zero-order valence-electron chi connectivity index (χ0n) is 22.0. The number of aromatic nitrogens is 8. The SMILES string of the molecule is Cc1cn(-c2ccnc3nc(-c4[nH]nc5c(F)cc(-c6cncc(NC(O)CC(C)(C)C)c6)cc45)[nH]c23)cn1. The number of nitrogens with zero attached hydrogens (tertiary/aromatic N) is 6. The normalized spacial score (nSPS) is 12.9. The lowest BCUT2D eigenvalue weighted by molar-refractivity contribution is 0.145. The van der Waals surface area contributed by atoms with Crippen LogP contribution in [0.15, 0.2) is 55.4 Å². The van der Waals surface area contributed by atoms with E-state index >= 15 is 4.39 Å². The van der Waals surface area contributed by atoms with Gasteiger partial charge in [-0.15, -0.1) is 0 Å². The molecule has 5 heterocycles. The Balaban J connectivity index is 1.39. The average Bonchev–Trinajstić information content (AvgIpc) is 3.60. The minimum Gasteiger partial charge on any atom is -0.374 e. The third kappa shape index (κ3) is 4.84. The number of hydrogen-bond acceptors (Lipinski definition) is 7. The average molecular weight is 526 g/mol. The zero-order valence-corrected chi connectivity index (χ0v) is 22.0. The minimum absolute atomic E-state index is 0.0477. The largest absolute Gasteiger partial charge is 0.374 e. The van der Waals surface area contributed by atoms with E-state index in [1.807, 2.05) is 35.9 Å². The Bertz CT molecular complexity index is 1810. The number of imidazole rings is 2. The van der Waals surface area contributed by atoms with Crippen LogP contribution in [0.25, 0.3) is 50.4 Å². The number of nitrogens with one attached hydrogen (secondary N) is 3. The summed E-state index contributed by atoms with van der Waals surface area (Å²) in [6, 6.07) is 6.99. The third-order valence-electron chi connectivity index (χ3n) is 6.42. The highest BCUT2D eigenvalue weighted by Crippen LogP contribution is 2.33. The first-order valence-electron chi connectivity index (χ1n) is 12.6. The van der Waals surface area contributed by atoms with Crippen molar-refractivity contribution in [1.29, 1.82) is 0 Å². The number of halogens is 1. The molecule has 39 heavy (non-hydrogen) atoms. The second kappa shape index (κ2) is 9.28. The summed E-state index contributed by atoms with van der Waals surface area (Å²) in [6.45, 7) is 8.10. The third-order valence-corrected chi connectivity index (χ3v) is 6.42. The van der Waals surface area contributed by atoms with Crippen LogP contribution in [0.2, 0.25) is 0 Å². The predicted molar refractivity (Wildman–Crippen MR) is 148 cm³/mol. The zero-order chi connectivity index (χ0) is 27.3. The first-order valence-corrected chi connectivity index (χ1v) is 12.6. The molecule has 0 aliphatic heterocycles. The number of aliphatic hydroxyl groups excluding tert-OH is 1. The Morgan fingerprint density at radius 1 is 1.13 bits per heavy atom. The van der Waals surface area contributed by atoms with Crippen molar-refractivity contribution in [1.82, 2.24) is 39.7 Å². The van der Waals surface area contributed by atoms with Gasteiger partial charge in [-0.1, -0.05) is 20.8 Å². The highest BCUT2D eigenvalue weighted by molar-refractivity contribution is 5.96. The van der Waals surface area contributed by atoms with E-state index in [4.69, 9.17) is 0 Å². The molecule has 0 spiro atoms. The van der Waals surface area contributed by atoms with Crippen molar-refractivity contribution in [2.75, 3.05) is 5.32 Å². The number of aryl methyl sites for hydroxylation is 1. The smallest absolute Gasteiger partial charge is 0.180 e. The fourth-order valence-corrected chi connectivity index (χ4v) is 4.71. The number of aromatic amines is 2. The van der Waals surface area contributed by atoms with Gasteiger partial charge in [-0.2, -0.15) is 5.10 Å². The van der Waals surface area contributed by atoms with Crippen LogP contribution in [0, 0.1) is 18.2 Å². The molecule has 0 saturated heterocycles. The fourth-order valence-electron chi connectivity index (χ4n) is 4.71. The van der Waals surface area contributed by atoms with Crippen molar-refractivity contribution in [3.63, 3.8) is 0 Å². The van der Waals surface area contributed by atoms with Crippen molar-refractivity contribution in [3.05, 3.63) is 66.9 Å². The monoisotopic (exact) mass is 525 g/mol. The number of aliphatic hydroxyl groups is 1. The molecule has 0 saturated carbocycles. The van der Waals surface area contributed by atoms with Crippen molar-refractivity contribution >= 4 is 27.8 Å². The van der Waals surface area contributed by atoms with Crippen LogP contribution in [0.5, 0.6) is 0 Å². The van der Waals surface area contributed by atoms with Crippen molar-refractivity contribution in [2.45, 2.75) is 40.3 Å². The van der Waals surface area contributed by atoms with E-state index in [0.717, 1.165) is 16.9 Å². The molecule has 1 unspecified atom stereocenters. The molecule has 11 heteroatoms. The minimum atomic E-state index is -0.737. The van der Waals surface area contributed by atoms with E-state index < -0.39 is 12.0 Å². The summed E-state index contributed by atoms with van der Waals surface area (Å²) in [7, 11) is 0. The molecule has 0 radical (unpaired) electrons. The second-order valence-corrected chi connectivity index (χ2v) is 10.9. The molecule has 0 aliphatic carbocycles. The lowest BCUT2D eigenvalue weighted by atomic mass is 9.91. The fraction of sp³-hybridized carbons (Fsp3) is 0.250. The Labute approximate surface area is 223 Å². The molecule has 4 N–H and O–H groups in total. The molecule has 1 aromatic carbocycles. The van der Waals surface area contributed by atoms with E-state index in [0.29, 0.717) is 45.8 Å². The van der Waals surface area contributed by atoms with Gasteiger partial charge in [-0.3, -0.25) is 10.1 Å². The summed E-state index contributed by atoms with van der Waals surface area (Å²) in [5.74, 6) is 0.0135. The summed E-state index contributed by atoms with van der Waals surface area (Å²) >= 11 is 0. The maximum absolute atomic E-state index is 15.2. The molecule has 198 valence electrons.